The lowest BCUT2D eigenvalue weighted by atomic mass is 10.0. The molecular weight excluding hydrogens is 366 g/mol. The van der Waals surface area contributed by atoms with Gasteiger partial charge in [0.05, 0.1) is 6.04 Å². The molecular formula is C20H18ClN3O3. The number of amides is 3. The summed E-state index contributed by atoms with van der Waals surface area (Å²) in [6.45, 7) is 1.40. The van der Waals surface area contributed by atoms with Crippen molar-refractivity contribution < 1.29 is 14.4 Å². The number of hydrazine groups is 1. The Morgan fingerprint density at radius 2 is 1.74 bits per heavy atom. The lowest BCUT2D eigenvalue weighted by Gasteiger charge is -2.42. The lowest BCUT2D eigenvalue weighted by Crippen LogP contribution is -2.67. The molecule has 2 N–H and O–H groups in total. The van der Waals surface area contributed by atoms with Crippen molar-refractivity contribution in [3.8, 4) is 0 Å². The van der Waals surface area contributed by atoms with Crippen molar-refractivity contribution in [2.75, 3.05) is 5.32 Å². The molecule has 6 nitrogen and oxygen atoms in total. The number of halogens is 1. The van der Waals surface area contributed by atoms with Crippen molar-refractivity contribution >= 4 is 41.1 Å². The van der Waals surface area contributed by atoms with E-state index in [1.807, 2.05) is 36.4 Å². The summed E-state index contributed by atoms with van der Waals surface area (Å²) in [6, 6.07) is 15.5. The van der Waals surface area contributed by atoms with Crippen LogP contribution in [0, 0.1) is 0 Å². The van der Waals surface area contributed by atoms with E-state index in [0.29, 0.717) is 11.3 Å². The van der Waals surface area contributed by atoms with Gasteiger partial charge in [-0.05, 0) is 29.8 Å². The first-order valence-electron chi connectivity index (χ1n) is 8.35. The highest BCUT2D eigenvalue weighted by Crippen LogP contribution is 2.25. The quantitative estimate of drug-likeness (QED) is 0.615. The topological polar surface area (TPSA) is 78.5 Å². The maximum Gasteiger partial charge on any atom is 0.269 e. The summed E-state index contributed by atoms with van der Waals surface area (Å²) in [4.78, 5) is 35.5. The van der Waals surface area contributed by atoms with Gasteiger partial charge in [0, 0.05) is 18.2 Å². The van der Waals surface area contributed by atoms with Crippen LogP contribution in [-0.2, 0) is 9.59 Å². The summed E-state index contributed by atoms with van der Waals surface area (Å²) in [7, 11) is 0. The van der Waals surface area contributed by atoms with Crippen molar-refractivity contribution in [3.05, 3.63) is 71.8 Å². The average Bonchev–Trinajstić information content (AvgIpc) is 2.67. The fourth-order valence-electron chi connectivity index (χ4n) is 2.64. The summed E-state index contributed by atoms with van der Waals surface area (Å²) in [6.07, 6.45) is 3.64. The summed E-state index contributed by atoms with van der Waals surface area (Å²) < 4.78 is 0. The zero-order valence-electron chi connectivity index (χ0n) is 14.6. The van der Waals surface area contributed by atoms with Crippen molar-refractivity contribution in [2.45, 2.75) is 18.3 Å². The van der Waals surface area contributed by atoms with Crippen molar-refractivity contribution in [3.63, 3.8) is 0 Å². The summed E-state index contributed by atoms with van der Waals surface area (Å²) >= 11 is 6.09. The number of nitrogens with one attached hydrogen (secondary N) is 2. The normalized spacial score (nSPS) is 18.9. The molecule has 1 aliphatic heterocycles. The molecule has 1 aliphatic rings. The molecule has 0 unspecified atom stereocenters. The number of alkyl halides is 1. The highest BCUT2D eigenvalue weighted by atomic mass is 35.5. The Morgan fingerprint density at radius 3 is 2.37 bits per heavy atom. The zero-order valence-corrected chi connectivity index (χ0v) is 15.3. The van der Waals surface area contributed by atoms with Crippen LogP contribution >= 0.6 is 11.6 Å². The van der Waals surface area contributed by atoms with Gasteiger partial charge in [-0.1, -0.05) is 42.5 Å². The van der Waals surface area contributed by atoms with Gasteiger partial charge >= 0.3 is 0 Å². The average molecular weight is 384 g/mol. The number of benzene rings is 2. The molecule has 7 heteroatoms. The van der Waals surface area contributed by atoms with Crippen molar-refractivity contribution in [1.29, 1.82) is 0 Å². The number of rotatable bonds is 5. The summed E-state index contributed by atoms with van der Waals surface area (Å²) in [5, 5.41) is 3.13. The Labute approximate surface area is 161 Å². The molecule has 2 aromatic rings. The molecule has 138 valence electrons. The van der Waals surface area contributed by atoms with E-state index in [2.05, 4.69) is 10.7 Å². The Kier molecular flexibility index (Phi) is 5.57. The highest BCUT2D eigenvalue weighted by Gasteiger charge is 2.45. The van der Waals surface area contributed by atoms with Crippen LogP contribution in [-0.4, -0.2) is 34.1 Å². The van der Waals surface area contributed by atoms with Crippen LogP contribution in [0.15, 0.2) is 60.7 Å². The van der Waals surface area contributed by atoms with Crippen LogP contribution < -0.4 is 10.7 Å². The first-order chi connectivity index (χ1) is 13.0. The molecule has 1 saturated heterocycles. The van der Waals surface area contributed by atoms with Crippen molar-refractivity contribution in [1.82, 2.24) is 10.4 Å². The van der Waals surface area contributed by atoms with E-state index in [0.717, 1.165) is 5.56 Å². The molecule has 0 aliphatic carbocycles. The van der Waals surface area contributed by atoms with Crippen LogP contribution in [0.1, 0.15) is 22.8 Å². The summed E-state index contributed by atoms with van der Waals surface area (Å²) in [5.74, 6) is -0.985. The first-order valence-corrected chi connectivity index (χ1v) is 8.78. The molecule has 0 radical (unpaired) electrons. The number of nitrogens with zero attached hydrogens (tertiary/aromatic N) is 1. The van der Waals surface area contributed by atoms with Crippen molar-refractivity contribution in [2.24, 2.45) is 0 Å². The second kappa shape index (κ2) is 8.05. The molecule has 2 aromatic carbocycles. The minimum Gasteiger partial charge on any atom is -0.326 e. The second-order valence-corrected chi connectivity index (χ2v) is 6.54. The van der Waals surface area contributed by atoms with Gasteiger partial charge in [0.1, 0.15) is 5.38 Å². The fourth-order valence-corrected chi connectivity index (χ4v) is 2.95. The molecule has 3 amide bonds. The predicted molar refractivity (Wildman–Crippen MR) is 104 cm³/mol. The number of carbonyl (C=O) groups excluding carboxylic acids is 3. The zero-order chi connectivity index (χ0) is 19.4. The highest BCUT2D eigenvalue weighted by molar-refractivity contribution is 6.34. The van der Waals surface area contributed by atoms with Crippen LogP contribution in [0.2, 0.25) is 0 Å². The third-order valence-corrected chi connectivity index (χ3v) is 4.49. The standard InChI is InChI=1S/C20H18ClN3O3/c1-13(25)22-16-10-8-15(9-11-16)19(26)23-24-17(18(21)20(24)27)12-7-14-5-3-2-4-6-14/h2-12,17-18H,1H3,(H,22,25)(H,23,26)/b12-7-/t17-,18-/m0/s1. The smallest absolute Gasteiger partial charge is 0.269 e. The van der Waals surface area contributed by atoms with Gasteiger partial charge in [-0.15, -0.1) is 11.6 Å². The molecule has 2 atom stereocenters. The molecule has 27 heavy (non-hydrogen) atoms. The van der Waals surface area contributed by atoms with Crippen LogP contribution in [0.4, 0.5) is 5.69 Å². The number of hydrogen-bond donors (Lipinski definition) is 2. The number of carbonyl (C=O) groups is 3. The lowest BCUT2D eigenvalue weighted by molar-refractivity contribution is -0.146. The van der Waals surface area contributed by atoms with E-state index in [-0.39, 0.29) is 11.8 Å². The van der Waals surface area contributed by atoms with Gasteiger partial charge < -0.3 is 5.32 Å². The van der Waals surface area contributed by atoms with Gasteiger partial charge in [-0.25, -0.2) is 5.01 Å². The van der Waals surface area contributed by atoms with E-state index in [9.17, 15) is 14.4 Å². The SMILES string of the molecule is CC(=O)Nc1ccc(C(=O)NN2C(=O)[C@@H](Cl)[C@@H]2/C=C\c2ccccc2)cc1. The molecule has 1 fully saturated rings. The molecule has 1 heterocycles. The maximum atomic E-state index is 12.4. The van der Waals surface area contributed by atoms with Gasteiger partial charge in [-0.3, -0.25) is 19.8 Å². The Morgan fingerprint density at radius 1 is 1.07 bits per heavy atom. The largest absolute Gasteiger partial charge is 0.326 e. The minimum atomic E-state index is -0.715. The van der Waals surface area contributed by atoms with E-state index in [4.69, 9.17) is 11.6 Å². The Balaban J connectivity index is 1.66. The van der Waals surface area contributed by atoms with Gasteiger partial charge in [0.25, 0.3) is 11.8 Å². The van der Waals surface area contributed by atoms with E-state index < -0.39 is 17.3 Å². The monoisotopic (exact) mass is 383 g/mol. The van der Waals surface area contributed by atoms with Gasteiger partial charge in [0.2, 0.25) is 5.91 Å². The predicted octanol–water partition coefficient (Wildman–Crippen LogP) is 2.82. The van der Waals surface area contributed by atoms with Crippen LogP contribution in [0.25, 0.3) is 6.08 Å². The number of hydrogen-bond acceptors (Lipinski definition) is 3. The summed E-state index contributed by atoms with van der Waals surface area (Å²) in [5.41, 5.74) is 4.50. The Bertz CT molecular complexity index is 881. The fraction of sp³-hybridized carbons (Fsp3) is 0.150. The number of β-lactam (4-membered cyclic amide) rings is 1. The third-order valence-electron chi connectivity index (χ3n) is 4.05. The first kappa shape index (κ1) is 18.7. The number of anilines is 1. The van der Waals surface area contributed by atoms with E-state index in [1.54, 1.807) is 30.3 Å². The van der Waals surface area contributed by atoms with Crippen LogP contribution in [0.5, 0.6) is 0 Å². The third kappa shape index (κ3) is 4.35. The molecule has 0 bridgehead atoms. The molecule has 3 rings (SSSR count). The molecule has 0 spiro atoms. The van der Waals surface area contributed by atoms with Gasteiger partial charge in [-0.2, -0.15) is 0 Å². The minimum absolute atomic E-state index is 0.195. The maximum absolute atomic E-state index is 12.4. The van der Waals surface area contributed by atoms with E-state index >= 15 is 0 Å². The second-order valence-electron chi connectivity index (χ2n) is 6.07. The van der Waals surface area contributed by atoms with Crippen LogP contribution in [0.3, 0.4) is 0 Å². The molecule has 0 saturated carbocycles. The van der Waals surface area contributed by atoms with E-state index in [1.165, 1.54) is 11.9 Å². The van der Waals surface area contributed by atoms with Gasteiger partial charge in [0.15, 0.2) is 0 Å². The Hall–Kier alpha value is -3.12. The molecule has 0 aromatic heterocycles.